The Kier molecular flexibility index (Phi) is 7.21. The summed E-state index contributed by atoms with van der Waals surface area (Å²) in [7, 11) is 0. The topological polar surface area (TPSA) is 82.7 Å². The first-order chi connectivity index (χ1) is 12.0. The van der Waals surface area contributed by atoms with Gasteiger partial charge in [0.1, 0.15) is 0 Å². The number of nitrogens with one attached hydrogen (secondary N) is 3. The quantitative estimate of drug-likeness (QED) is 0.735. The molecule has 1 unspecified atom stereocenters. The molecule has 0 aliphatic carbocycles. The maximum atomic E-state index is 12.2. The molecule has 1 fully saturated rings. The highest BCUT2D eigenvalue weighted by atomic mass is 16.5. The number of hydrogen-bond acceptors (Lipinski definition) is 4. The second-order valence-corrected chi connectivity index (χ2v) is 6.56. The molecule has 1 saturated heterocycles. The lowest BCUT2D eigenvalue weighted by Crippen LogP contribution is -2.51. The van der Waals surface area contributed by atoms with Crippen LogP contribution >= 0.6 is 0 Å². The molecule has 1 aliphatic rings. The van der Waals surface area contributed by atoms with Crippen molar-refractivity contribution >= 4 is 23.3 Å². The Bertz CT molecular complexity index is 585. The maximum absolute atomic E-state index is 12.2. The molecule has 1 atom stereocenters. The molecule has 1 aromatic rings. The molecule has 0 spiro atoms. The highest BCUT2D eigenvalue weighted by Crippen LogP contribution is 2.15. The van der Waals surface area contributed by atoms with Crippen LogP contribution in [0.3, 0.4) is 0 Å². The average Bonchev–Trinajstić information content (AvgIpc) is 2.55. The molecule has 0 radical (unpaired) electrons. The van der Waals surface area contributed by atoms with Crippen LogP contribution < -0.4 is 16.0 Å². The third-order valence-corrected chi connectivity index (χ3v) is 4.20. The van der Waals surface area contributed by atoms with Crippen molar-refractivity contribution in [1.29, 1.82) is 0 Å². The molecule has 1 aliphatic heterocycles. The molecule has 7 heteroatoms. The Morgan fingerprint density at radius 3 is 2.40 bits per heavy atom. The van der Waals surface area contributed by atoms with Crippen molar-refractivity contribution in [2.24, 2.45) is 5.92 Å². The van der Waals surface area contributed by atoms with Crippen LogP contribution in [0.5, 0.6) is 0 Å². The molecular formula is C18H28N4O3. The van der Waals surface area contributed by atoms with Crippen molar-refractivity contribution in [2.45, 2.75) is 26.8 Å². The van der Waals surface area contributed by atoms with E-state index < -0.39 is 0 Å². The van der Waals surface area contributed by atoms with Crippen LogP contribution in [-0.2, 0) is 9.53 Å². The van der Waals surface area contributed by atoms with Crippen LogP contribution in [-0.4, -0.2) is 55.7 Å². The van der Waals surface area contributed by atoms with E-state index in [4.69, 9.17) is 4.74 Å². The fourth-order valence-corrected chi connectivity index (χ4v) is 2.95. The summed E-state index contributed by atoms with van der Waals surface area (Å²) < 4.78 is 5.40. The van der Waals surface area contributed by atoms with Crippen molar-refractivity contribution in [3.05, 3.63) is 24.3 Å². The number of carbonyl (C=O) groups excluding carboxylic acids is 2. The zero-order valence-corrected chi connectivity index (χ0v) is 15.2. The SMILES string of the molecule is CC(=O)Nc1cccc(NC(=O)NCC(C(C)C)N2CCOCC2)c1. The van der Waals surface area contributed by atoms with E-state index in [1.807, 2.05) is 0 Å². The predicted octanol–water partition coefficient (Wildman–Crippen LogP) is 2.12. The highest BCUT2D eigenvalue weighted by Gasteiger charge is 2.24. The maximum Gasteiger partial charge on any atom is 0.319 e. The van der Waals surface area contributed by atoms with Crippen molar-refractivity contribution in [2.75, 3.05) is 43.5 Å². The van der Waals surface area contributed by atoms with Crippen LogP contribution in [0, 0.1) is 5.92 Å². The lowest BCUT2D eigenvalue weighted by atomic mass is 10.0. The first-order valence-corrected chi connectivity index (χ1v) is 8.70. The molecule has 3 N–H and O–H groups in total. The molecule has 138 valence electrons. The Labute approximate surface area is 149 Å². The Morgan fingerprint density at radius 2 is 1.80 bits per heavy atom. The Balaban J connectivity index is 1.87. The van der Waals surface area contributed by atoms with Gasteiger partial charge in [-0.3, -0.25) is 9.69 Å². The highest BCUT2D eigenvalue weighted by molar-refractivity contribution is 5.92. The number of anilines is 2. The summed E-state index contributed by atoms with van der Waals surface area (Å²) in [6, 6.07) is 7.10. The fourth-order valence-electron chi connectivity index (χ4n) is 2.95. The van der Waals surface area contributed by atoms with Gasteiger partial charge in [0.2, 0.25) is 5.91 Å². The normalized spacial score (nSPS) is 16.3. The summed E-state index contributed by atoms with van der Waals surface area (Å²) in [5, 5.41) is 8.46. The fraction of sp³-hybridized carbons (Fsp3) is 0.556. The first-order valence-electron chi connectivity index (χ1n) is 8.70. The van der Waals surface area contributed by atoms with E-state index in [1.54, 1.807) is 24.3 Å². The predicted molar refractivity (Wildman–Crippen MR) is 98.8 cm³/mol. The zero-order chi connectivity index (χ0) is 18.2. The van der Waals surface area contributed by atoms with Crippen LogP contribution in [0.15, 0.2) is 24.3 Å². The second-order valence-electron chi connectivity index (χ2n) is 6.56. The second kappa shape index (κ2) is 9.39. The summed E-state index contributed by atoms with van der Waals surface area (Å²) in [4.78, 5) is 25.7. The monoisotopic (exact) mass is 348 g/mol. The van der Waals surface area contributed by atoms with Crippen molar-refractivity contribution in [3.63, 3.8) is 0 Å². The molecule has 25 heavy (non-hydrogen) atoms. The van der Waals surface area contributed by atoms with Gasteiger partial charge < -0.3 is 20.7 Å². The van der Waals surface area contributed by atoms with Gasteiger partial charge in [-0.05, 0) is 24.1 Å². The van der Waals surface area contributed by atoms with Crippen LogP contribution in [0.1, 0.15) is 20.8 Å². The van der Waals surface area contributed by atoms with Gasteiger partial charge in [0.25, 0.3) is 0 Å². The van der Waals surface area contributed by atoms with Crippen LogP contribution in [0.4, 0.5) is 16.2 Å². The van der Waals surface area contributed by atoms with Gasteiger partial charge in [0.05, 0.1) is 13.2 Å². The molecule has 3 amide bonds. The summed E-state index contributed by atoms with van der Waals surface area (Å²) in [5.74, 6) is 0.286. The standard InChI is InChI=1S/C18H28N4O3/c1-13(2)17(22-7-9-25-10-8-22)12-19-18(24)21-16-6-4-5-15(11-16)20-14(3)23/h4-6,11,13,17H,7-10,12H2,1-3H3,(H,20,23)(H2,19,21,24). The Morgan fingerprint density at radius 1 is 1.16 bits per heavy atom. The van der Waals surface area contributed by atoms with Gasteiger partial charge in [0, 0.05) is 44.0 Å². The molecule has 1 heterocycles. The van der Waals surface area contributed by atoms with E-state index >= 15 is 0 Å². The van der Waals surface area contributed by atoms with E-state index in [1.165, 1.54) is 6.92 Å². The van der Waals surface area contributed by atoms with Gasteiger partial charge >= 0.3 is 6.03 Å². The number of nitrogens with zero attached hydrogens (tertiary/aromatic N) is 1. The number of ether oxygens (including phenoxy) is 1. The lowest BCUT2D eigenvalue weighted by molar-refractivity contribution is -0.114. The van der Waals surface area contributed by atoms with Gasteiger partial charge in [-0.15, -0.1) is 0 Å². The van der Waals surface area contributed by atoms with Gasteiger partial charge in [-0.2, -0.15) is 0 Å². The van der Waals surface area contributed by atoms with Crippen molar-refractivity contribution < 1.29 is 14.3 Å². The van der Waals surface area contributed by atoms with Crippen molar-refractivity contribution in [3.8, 4) is 0 Å². The molecular weight excluding hydrogens is 320 g/mol. The van der Waals surface area contributed by atoms with Gasteiger partial charge in [-0.1, -0.05) is 19.9 Å². The number of benzene rings is 1. The smallest absolute Gasteiger partial charge is 0.319 e. The average molecular weight is 348 g/mol. The largest absolute Gasteiger partial charge is 0.379 e. The third kappa shape index (κ3) is 6.36. The minimum Gasteiger partial charge on any atom is -0.379 e. The zero-order valence-electron chi connectivity index (χ0n) is 15.2. The van der Waals surface area contributed by atoms with E-state index in [-0.39, 0.29) is 18.0 Å². The minimum atomic E-state index is -0.251. The first kappa shape index (κ1) is 19.2. The van der Waals surface area contributed by atoms with Crippen LogP contribution in [0.2, 0.25) is 0 Å². The summed E-state index contributed by atoms with van der Waals surface area (Å²) in [6.07, 6.45) is 0. The number of carbonyl (C=O) groups is 2. The summed E-state index contributed by atoms with van der Waals surface area (Å²) in [6.45, 7) is 9.62. The summed E-state index contributed by atoms with van der Waals surface area (Å²) >= 11 is 0. The summed E-state index contributed by atoms with van der Waals surface area (Å²) in [5.41, 5.74) is 1.29. The number of rotatable bonds is 6. The number of urea groups is 1. The van der Waals surface area contributed by atoms with E-state index in [2.05, 4.69) is 34.7 Å². The number of morpholine rings is 1. The van der Waals surface area contributed by atoms with E-state index in [9.17, 15) is 9.59 Å². The molecule has 7 nitrogen and oxygen atoms in total. The Hall–Kier alpha value is -2.12. The third-order valence-electron chi connectivity index (χ3n) is 4.20. The number of hydrogen-bond donors (Lipinski definition) is 3. The molecule has 1 aromatic carbocycles. The van der Waals surface area contributed by atoms with Gasteiger partial charge in [-0.25, -0.2) is 4.79 Å². The lowest BCUT2D eigenvalue weighted by Gasteiger charge is -2.36. The van der Waals surface area contributed by atoms with E-state index in [0.29, 0.717) is 23.8 Å². The molecule has 0 saturated carbocycles. The molecule has 0 bridgehead atoms. The van der Waals surface area contributed by atoms with Crippen molar-refractivity contribution in [1.82, 2.24) is 10.2 Å². The molecule has 0 aromatic heterocycles. The number of amides is 3. The minimum absolute atomic E-state index is 0.146. The van der Waals surface area contributed by atoms with Gasteiger partial charge in [0.15, 0.2) is 0 Å². The molecule has 2 rings (SSSR count). The van der Waals surface area contributed by atoms with Crippen LogP contribution in [0.25, 0.3) is 0 Å². The van der Waals surface area contributed by atoms with E-state index in [0.717, 1.165) is 26.3 Å².